The normalized spacial score (nSPS) is 19.8. The molecule has 0 radical (unpaired) electrons. The molecular weight excluding hydrogens is 340 g/mol. The first-order valence-electron chi connectivity index (χ1n) is 8.14. The third-order valence-electron chi connectivity index (χ3n) is 4.71. The van der Waals surface area contributed by atoms with Gasteiger partial charge in [0.15, 0.2) is 11.5 Å². The number of hydrogen-bond donors (Lipinski definition) is 2. The van der Waals surface area contributed by atoms with E-state index < -0.39 is 28.2 Å². The van der Waals surface area contributed by atoms with Crippen molar-refractivity contribution in [3.05, 3.63) is 56.4 Å². The van der Waals surface area contributed by atoms with E-state index in [1.54, 1.807) is 6.92 Å². The molecule has 2 N–H and O–H groups in total. The number of methoxy groups -OCH3 is 1. The highest BCUT2D eigenvalue weighted by Gasteiger charge is 2.39. The number of nitro benzene ring substituents is 1. The number of hydrogen-bond acceptors (Lipinski definition) is 7. The van der Waals surface area contributed by atoms with E-state index in [0.29, 0.717) is 36.1 Å². The molecule has 1 heterocycles. The fourth-order valence-electron chi connectivity index (χ4n) is 3.56. The summed E-state index contributed by atoms with van der Waals surface area (Å²) in [5.41, 5.74) is 1.86. The van der Waals surface area contributed by atoms with Crippen LogP contribution in [0, 0.1) is 10.1 Å². The molecule has 1 aliphatic carbocycles. The van der Waals surface area contributed by atoms with Crippen LogP contribution in [0.1, 0.15) is 37.7 Å². The number of esters is 1. The summed E-state index contributed by atoms with van der Waals surface area (Å²) in [5.74, 6) is -1.96. The second kappa shape index (κ2) is 6.62. The number of nitro groups is 1. The van der Waals surface area contributed by atoms with Crippen molar-refractivity contribution >= 4 is 17.4 Å². The number of nitrogens with zero attached hydrogens (tertiary/aromatic N) is 1. The largest absolute Gasteiger partial charge is 0.502 e. The summed E-state index contributed by atoms with van der Waals surface area (Å²) in [6.45, 7) is 1.71. The van der Waals surface area contributed by atoms with Crippen LogP contribution in [-0.4, -0.2) is 28.9 Å². The average Bonchev–Trinajstić information content (AvgIpc) is 2.60. The van der Waals surface area contributed by atoms with Crippen molar-refractivity contribution in [2.75, 3.05) is 7.11 Å². The number of rotatable bonds is 3. The minimum atomic E-state index is -0.772. The van der Waals surface area contributed by atoms with E-state index >= 15 is 0 Å². The van der Waals surface area contributed by atoms with E-state index in [1.165, 1.54) is 25.3 Å². The number of benzene rings is 1. The summed E-state index contributed by atoms with van der Waals surface area (Å²) in [5, 5.41) is 24.0. The van der Waals surface area contributed by atoms with Gasteiger partial charge in [0.05, 0.1) is 17.6 Å². The molecule has 0 bridgehead atoms. The zero-order valence-corrected chi connectivity index (χ0v) is 14.4. The van der Waals surface area contributed by atoms with Gasteiger partial charge in [-0.1, -0.05) is 6.07 Å². The molecule has 1 unspecified atom stereocenters. The fourth-order valence-corrected chi connectivity index (χ4v) is 3.56. The number of Topliss-reactive ketones (excluding diaryl/α,β-unsaturated/α-hetero) is 1. The lowest BCUT2D eigenvalue weighted by Gasteiger charge is -2.33. The quantitative estimate of drug-likeness (QED) is 0.484. The number of dihydropyridines is 1. The summed E-state index contributed by atoms with van der Waals surface area (Å²) in [7, 11) is 1.24. The predicted molar refractivity (Wildman–Crippen MR) is 91.2 cm³/mol. The molecule has 1 aliphatic heterocycles. The van der Waals surface area contributed by atoms with Gasteiger partial charge in [0, 0.05) is 35.4 Å². The SMILES string of the molecule is COC(=O)C1=C(C)NC2=C(C(=O)CCC2)C1c1ccc(O)c([N+](=O)[O-])c1. The number of nitrogens with one attached hydrogen (secondary N) is 1. The molecule has 0 saturated carbocycles. The van der Waals surface area contributed by atoms with Crippen molar-refractivity contribution in [1.29, 1.82) is 0 Å². The highest BCUT2D eigenvalue weighted by molar-refractivity contribution is 6.03. The van der Waals surface area contributed by atoms with Crippen LogP contribution in [0.3, 0.4) is 0 Å². The number of aromatic hydroxyl groups is 1. The molecule has 8 heteroatoms. The Morgan fingerprint density at radius 2 is 2.12 bits per heavy atom. The number of ether oxygens (including phenoxy) is 1. The lowest BCUT2D eigenvalue weighted by Crippen LogP contribution is -2.34. The zero-order valence-electron chi connectivity index (χ0n) is 14.4. The summed E-state index contributed by atoms with van der Waals surface area (Å²) in [6.07, 6.45) is 1.71. The molecule has 1 aromatic rings. The number of phenolic OH excluding ortho intramolecular Hbond substituents is 1. The number of phenols is 1. The fraction of sp³-hybridized carbons (Fsp3) is 0.333. The molecule has 1 atom stereocenters. The maximum absolute atomic E-state index is 12.6. The van der Waals surface area contributed by atoms with Gasteiger partial charge in [-0.25, -0.2) is 4.79 Å². The van der Waals surface area contributed by atoms with Gasteiger partial charge in [-0.3, -0.25) is 14.9 Å². The van der Waals surface area contributed by atoms with Gasteiger partial charge >= 0.3 is 11.7 Å². The van der Waals surface area contributed by atoms with Crippen LogP contribution in [0.15, 0.2) is 40.7 Å². The molecule has 3 rings (SSSR count). The van der Waals surface area contributed by atoms with Gasteiger partial charge in [0.1, 0.15) is 0 Å². The minimum absolute atomic E-state index is 0.103. The molecule has 8 nitrogen and oxygen atoms in total. The Morgan fingerprint density at radius 1 is 1.38 bits per heavy atom. The molecule has 0 spiro atoms. The topological polar surface area (TPSA) is 119 Å². The van der Waals surface area contributed by atoms with Crippen LogP contribution in [-0.2, 0) is 14.3 Å². The van der Waals surface area contributed by atoms with E-state index in [-0.39, 0.29) is 11.4 Å². The van der Waals surface area contributed by atoms with Gasteiger partial charge < -0.3 is 15.2 Å². The van der Waals surface area contributed by atoms with Crippen LogP contribution < -0.4 is 5.32 Å². The predicted octanol–water partition coefficient (Wildman–Crippen LogP) is 2.44. The second-order valence-electron chi connectivity index (χ2n) is 6.26. The number of carbonyl (C=O) groups is 2. The lowest BCUT2D eigenvalue weighted by atomic mass is 9.75. The molecule has 1 aromatic carbocycles. The Kier molecular flexibility index (Phi) is 4.50. The van der Waals surface area contributed by atoms with Crippen molar-refractivity contribution in [3.63, 3.8) is 0 Å². The number of carbonyl (C=O) groups excluding carboxylic acids is 2. The highest BCUT2D eigenvalue weighted by Crippen LogP contribution is 2.44. The molecule has 0 aromatic heterocycles. The van der Waals surface area contributed by atoms with Gasteiger partial charge in [-0.2, -0.15) is 0 Å². The molecular formula is C18H18N2O6. The van der Waals surface area contributed by atoms with Crippen LogP contribution in [0.4, 0.5) is 5.69 Å². The lowest BCUT2D eigenvalue weighted by molar-refractivity contribution is -0.385. The standard InChI is InChI=1S/C18H18N2O6/c1-9-15(18(23)26-2)16(17-11(19-9)4-3-5-14(17)22)10-6-7-13(21)12(8-10)20(24)25/h6-8,16,19,21H,3-5H2,1-2H3. The minimum Gasteiger partial charge on any atom is -0.502 e. The second-order valence-corrected chi connectivity index (χ2v) is 6.26. The van der Waals surface area contributed by atoms with Crippen molar-refractivity contribution in [2.24, 2.45) is 0 Å². The molecule has 0 amide bonds. The highest BCUT2D eigenvalue weighted by atomic mass is 16.6. The van der Waals surface area contributed by atoms with Crippen molar-refractivity contribution in [2.45, 2.75) is 32.1 Å². The monoisotopic (exact) mass is 358 g/mol. The Morgan fingerprint density at radius 3 is 2.77 bits per heavy atom. The van der Waals surface area contributed by atoms with Gasteiger partial charge in [-0.15, -0.1) is 0 Å². The summed E-state index contributed by atoms with van der Waals surface area (Å²) in [4.78, 5) is 35.5. The smallest absolute Gasteiger partial charge is 0.336 e. The van der Waals surface area contributed by atoms with Gasteiger partial charge in [0.2, 0.25) is 0 Å². The van der Waals surface area contributed by atoms with E-state index in [1.807, 2.05) is 0 Å². The van der Waals surface area contributed by atoms with E-state index in [4.69, 9.17) is 4.74 Å². The maximum Gasteiger partial charge on any atom is 0.336 e. The van der Waals surface area contributed by atoms with E-state index in [9.17, 15) is 24.8 Å². The first-order valence-corrected chi connectivity index (χ1v) is 8.14. The third kappa shape index (κ3) is 2.83. The van der Waals surface area contributed by atoms with Crippen molar-refractivity contribution < 1.29 is 24.4 Å². The Hall–Kier alpha value is -3.16. The van der Waals surface area contributed by atoms with E-state index in [2.05, 4.69) is 5.32 Å². The zero-order chi connectivity index (χ0) is 19.0. The molecule has 2 aliphatic rings. The van der Waals surface area contributed by atoms with Gasteiger partial charge in [0.25, 0.3) is 0 Å². The van der Waals surface area contributed by atoms with Crippen LogP contribution in [0.2, 0.25) is 0 Å². The van der Waals surface area contributed by atoms with Gasteiger partial charge in [-0.05, 0) is 31.4 Å². The maximum atomic E-state index is 12.6. The molecule has 26 heavy (non-hydrogen) atoms. The molecule has 0 fully saturated rings. The van der Waals surface area contributed by atoms with Crippen LogP contribution in [0.5, 0.6) is 5.75 Å². The number of ketones is 1. The Labute approximate surface area is 149 Å². The average molecular weight is 358 g/mol. The van der Waals surface area contributed by atoms with Crippen LogP contribution >= 0.6 is 0 Å². The first-order chi connectivity index (χ1) is 12.3. The summed E-state index contributed by atoms with van der Waals surface area (Å²) < 4.78 is 4.87. The summed E-state index contributed by atoms with van der Waals surface area (Å²) >= 11 is 0. The van der Waals surface area contributed by atoms with Crippen LogP contribution in [0.25, 0.3) is 0 Å². The first kappa shape index (κ1) is 17.7. The van der Waals surface area contributed by atoms with E-state index in [0.717, 1.165) is 5.70 Å². The Balaban J connectivity index is 2.24. The third-order valence-corrected chi connectivity index (χ3v) is 4.71. The molecule has 136 valence electrons. The summed E-state index contributed by atoms with van der Waals surface area (Å²) in [6, 6.07) is 3.89. The number of allylic oxidation sites excluding steroid dienone is 3. The van der Waals surface area contributed by atoms with Crippen molar-refractivity contribution in [3.8, 4) is 5.75 Å². The van der Waals surface area contributed by atoms with Crippen molar-refractivity contribution in [1.82, 2.24) is 5.32 Å². The molecule has 0 saturated heterocycles. The Bertz CT molecular complexity index is 884.